The maximum atomic E-state index is 4.53. The Bertz CT molecular complexity index is 497. The van der Waals surface area contributed by atoms with Crippen LogP contribution in [0.2, 0.25) is 0 Å². The Balaban J connectivity index is 2.13. The minimum Gasteiger partial charge on any atom is -0.312 e. The molecule has 1 heterocycles. The molecule has 2 nitrogen and oxygen atoms in total. The summed E-state index contributed by atoms with van der Waals surface area (Å²) in [5.74, 6) is 0. The van der Waals surface area contributed by atoms with Gasteiger partial charge in [0.1, 0.15) is 5.01 Å². The molecular weight excluding hydrogens is 240 g/mol. The lowest BCUT2D eigenvalue weighted by atomic mass is 10.1. The zero-order valence-electron chi connectivity index (χ0n) is 11.3. The first-order valence-corrected chi connectivity index (χ1v) is 7.25. The van der Waals surface area contributed by atoms with E-state index in [1.807, 2.05) is 6.20 Å². The molecule has 2 rings (SSSR count). The number of benzene rings is 1. The Morgan fingerprint density at radius 3 is 2.56 bits per heavy atom. The van der Waals surface area contributed by atoms with Crippen molar-refractivity contribution in [2.24, 2.45) is 0 Å². The molecule has 0 saturated heterocycles. The summed E-state index contributed by atoms with van der Waals surface area (Å²) in [5.41, 5.74) is 3.83. The van der Waals surface area contributed by atoms with Crippen LogP contribution in [0.4, 0.5) is 0 Å². The van der Waals surface area contributed by atoms with Crippen molar-refractivity contribution in [3.63, 3.8) is 0 Å². The number of aryl methyl sites for hydroxylation is 2. The molecule has 0 bridgehead atoms. The fourth-order valence-corrected chi connectivity index (χ4v) is 2.88. The van der Waals surface area contributed by atoms with Crippen LogP contribution >= 0.6 is 11.3 Å². The van der Waals surface area contributed by atoms with Gasteiger partial charge in [-0.25, -0.2) is 4.98 Å². The van der Waals surface area contributed by atoms with Crippen molar-refractivity contribution < 1.29 is 0 Å². The molecule has 0 saturated carbocycles. The summed E-state index contributed by atoms with van der Waals surface area (Å²) in [6.45, 7) is 8.44. The predicted octanol–water partition coefficient (Wildman–Crippen LogP) is 3.93. The van der Waals surface area contributed by atoms with Gasteiger partial charge in [0.05, 0.1) is 0 Å². The number of hydrogen-bond donors (Lipinski definition) is 1. The molecule has 3 heteroatoms. The summed E-state index contributed by atoms with van der Waals surface area (Å²) in [7, 11) is 0. The fraction of sp³-hybridized carbons (Fsp3) is 0.400. The molecule has 1 aromatic carbocycles. The molecule has 1 N–H and O–H groups in total. The van der Waals surface area contributed by atoms with E-state index in [4.69, 9.17) is 0 Å². The first-order valence-electron chi connectivity index (χ1n) is 6.43. The smallest absolute Gasteiger partial charge is 0.123 e. The van der Waals surface area contributed by atoms with Gasteiger partial charge < -0.3 is 5.32 Å². The summed E-state index contributed by atoms with van der Waals surface area (Å²) in [5, 5.41) is 4.53. The van der Waals surface area contributed by atoms with Crippen LogP contribution < -0.4 is 5.32 Å². The van der Waals surface area contributed by atoms with Crippen LogP contribution in [0, 0.1) is 13.8 Å². The molecule has 0 unspecified atom stereocenters. The normalized spacial score (nSPS) is 10.8. The molecule has 0 aliphatic carbocycles. The molecular formula is C15H20N2S. The average molecular weight is 260 g/mol. The van der Waals surface area contributed by atoms with Crippen LogP contribution in [0.5, 0.6) is 0 Å². The van der Waals surface area contributed by atoms with Gasteiger partial charge in [-0.3, -0.25) is 0 Å². The van der Waals surface area contributed by atoms with Crippen molar-refractivity contribution in [1.82, 2.24) is 10.3 Å². The van der Waals surface area contributed by atoms with Crippen LogP contribution in [0.15, 0.2) is 24.4 Å². The van der Waals surface area contributed by atoms with Gasteiger partial charge in [-0.2, -0.15) is 0 Å². The molecule has 0 aliphatic rings. The minimum atomic E-state index is 0.927. The highest BCUT2D eigenvalue weighted by Gasteiger charge is 2.05. The Morgan fingerprint density at radius 2 is 1.89 bits per heavy atom. The maximum absolute atomic E-state index is 4.53. The predicted molar refractivity (Wildman–Crippen MR) is 79.0 cm³/mol. The zero-order chi connectivity index (χ0) is 13.0. The standard InChI is InChI=1S/C15H20N2S/c1-4-5-16-9-14-10-17-15(18-14)13-7-11(2)6-12(3)8-13/h6-8,10,16H,4-5,9H2,1-3H3. The number of nitrogens with one attached hydrogen (secondary N) is 1. The van der Waals surface area contributed by atoms with Gasteiger partial charge in [0, 0.05) is 23.2 Å². The summed E-state index contributed by atoms with van der Waals surface area (Å²) < 4.78 is 0. The molecule has 0 amide bonds. The average Bonchev–Trinajstić information content (AvgIpc) is 2.77. The van der Waals surface area contributed by atoms with Crippen molar-refractivity contribution in [1.29, 1.82) is 0 Å². The molecule has 0 spiro atoms. The lowest BCUT2D eigenvalue weighted by molar-refractivity contribution is 0.681. The second-order valence-corrected chi connectivity index (χ2v) is 5.80. The highest BCUT2D eigenvalue weighted by Crippen LogP contribution is 2.26. The Labute approximate surface area is 113 Å². The monoisotopic (exact) mass is 260 g/mol. The topological polar surface area (TPSA) is 24.9 Å². The Hall–Kier alpha value is -1.19. The maximum Gasteiger partial charge on any atom is 0.123 e. The lowest BCUT2D eigenvalue weighted by Gasteiger charge is -2.01. The molecule has 96 valence electrons. The van der Waals surface area contributed by atoms with E-state index in [-0.39, 0.29) is 0 Å². The molecule has 0 aliphatic heterocycles. The van der Waals surface area contributed by atoms with E-state index in [2.05, 4.69) is 49.3 Å². The van der Waals surface area contributed by atoms with Gasteiger partial charge in [0.15, 0.2) is 0 Å². The van der Waals surface area contributed by atoms with E-state index >= 15 is 0 Å². The van der Waals surface area contributed by atoms with Gasteiger partial charge in [-0.15, -0.1) is 11.3 Å². The SMILES string of the molecule is CCCNCc1cnc(-c2cc(C)cc(C)c2)s1. The molecule has 1 aromatic heterocycles. The van der Waals surface area contributed by atoms with E-state index in [0.717, 1.165) is 18.1 Å². The van der Waals surface area contributed by atoms with Gasteiger partial charge in [-0.05, 0) is 38.9 Å². The van der Waals surface area contributed by atoms with Crippen molar-refractivity contribution in [2.45, 2.75) is 33.7 Å². The van der Waals surface area contributed by atoms with Gasteiger partial charge in [-0.1, -0.05) is 24.1 Å². The third kappa shape index (κ3) is 3.40. The van der Waals surface area contributed by atoms with Gasteiger partial charge in [0.2, 0.25) is 0 Å². The molecule has 0 fully saturated rings. The van der Waals surface area contributed by atoms with Crippen molar-refractivity contribution in [3.8, 4) is 10.6 Å². The van der Waals surface area contributed by atoms with Crippen molar-refractivity contribution in [2.75, 3.05) is 6.54 Å². The first kappa shape index (κ1) is 13.2. The van der Waals surface area contributed by atoms with Crippen LogP contribution in [-0.2, 0) is 6.54 Å². The molecule has 0 radical (unpaired) electrons. The quantitative estimate of drug-likeness (QED) is 0.824. The van der Waals surface area contributed by atoms with E-state index in [0.29, 0.717) is 0 Å². The van der Waals surface area contributed by atoms with Crippen LogP contribution in [0.3, 0.4) is 0 Å². The van der Waals surface area contributed by atoms with E-state index in [1.165, 1.54) is 28.0 Å². The lowest BCUT2D eigenvalue weighted by Crippen LogP contribution is -2.12. The number of nitrogens with zero attached hydrogens (tertiary/aromatic N) is 1. The third-order valence-electron chi connectivity index (χ3n) is 2.75. The Kier molecular flexibility index (Phi) is 4.50. The van der Waals surface area contributed by atoms with Crippen LogP contribution in [0.25, 0.3) is 10.6 Å². The first-order chi connectivity index (χ1) is 8.69. The van der Waals surface area contributed by atoms with Gasteiger partial charge >= 0.3 is 0 Å². The third-order valence-corrected chi connectivity index (χ3v) is 3.79. The number of rotatable bonds is 5. The van der Waals surface area contributed by atoms with Crippen molar-refractivity contribution >= 4 is 11.3 Å². The van der Waals surface area contributed by atoms with E-state index < -0.39 is 0 Å². The van der Waals surface area contributed by atoms with Crippen molar-refractivity contribution in [3.05, 3.63) is 40.4 Å². The van der Waals surface area contributed by atoms with Crippen LogP contribution in [-0.4, -0.2) is 11.5 Å². The highest BCUT2D eigenvalue weighted by molar-refractivity contribution is 7.15. The summed E-state index contributed by atoms with van der Waals surface area (Å²) in [6.07, 6.45) is 3.16. The van der Waals surface area contributed by atoms with Gasteiger partial charge in [0.25, 0.3) is 0 Å². The zero-order valence-corrected chi connectivity index (χ0v) is 12.1. The number of aromatic nitrogens is 1. The summed E-state index contributed by atoms with van der Waals surface area (Å²) >= 11 is 1.78. The molecule has 0 atom stereocenters. The second-order valence-electron chi connectivity index (χ2n) is 4.68. The van der Waals surface area contributed by atoms with E-state index in [1.54, 1.807) is 11.3 Å². The largest absolute Gasteiger partial charge is 0.312 e. The second kappa shape index (κ2) is 6.12. The molecule has 18 heavy (non-hydrogen) atoms. The number of hydrogen-bond acceptors (Lipinski definition) is 3. The highest BCUT2D eigenvalue weighted by atomic mass is 32.1. The number of thiazole rings is 1. The van der Waals surface area contributed by atoms with E-state index in [9.17, 15) is 0 Å². The Morgan fingerprint density at radius 1 is 1.17 bits per heavy atom. The van der Waals surface area contributed by atoms with Crippen LogP contribution in [0.1, 0.15) is 29.3 Å². The fourth-order valence-electron chi connectivity index (χ4n) is 2.01. The molecule has 2 aromatic rings. The summed E-state index contributed by atoms with van der Waals surface area (Å²) in [4.78, 5) is 5.83. The summed E-state index contributed by atoms with van der Waals surface area (Å²) in [6, 6.07) is 6.60. The minimum absolute atomic E-state index is 0.927.